The van der Waals surface area contributed by atoms with Crippen LogP contribution in [-0.2, 0) is 16.8 Å². The average Bonchev–Trinajstić information content (AvgIpc) is 3.44. The van der Waals surface area contributed by atoms with Crippen LogP contribution >= 0.6 is 0 Å². The van der Waals surface area contributed by atoms with Crippen LogP contribution in [0.15, 0.2) is 10.6 Å². The monoisotopic (exact) mass is 354 g/mol. The molecule has 4 rings (SSSR count). The molecule has 134 valence electrons. The molecule has 1 N–H and O–H groups in total. The lowest BCUT2D eigenvalue weighted by atomic mass is 9.99. The second kappa shape index (κ2) is 6.09. The summed E-state index contributed by atoms with van der Waals surface area (Å²) >= 11 is 0. The van der Waals surface area contributed by atoms with Crippen molar-refractivity contribution in [3.8, 4) is 0 Å². The maximum atomic E-state index is 12.2. The Bertz CT molecular complexity index is 694. The fourth-order valence-corrected chi connectivity index (χ4v) is 4.50. The molecule has 1 saturated heterocycles. The highest BCUT2D eigenvalue weighted by molar-refractivity contribution is 7.87. The first-order chi connectivity index (χ1) is 11.4. The van der Waals surface area contributed by atoms with E-state index in [2.05, 4.69) is 20.8 Å². The van der Waals surface area contributed by atoms with Crippen LogP contribution in [0.5, 0.6) is 0 Å². The SMILES string of the molecule is CN(C)S(=O)(=O)N[C@H]1CN(Cc2cc(C3CC3)on2)C[C@@H]1C1CC1. The van der Waals surface area contributed by atoms with Gasteiger partial charge in [0, 0.05) is 51.8 Å². The minimum absolute atomic E-state index is 0.0142. The Morgan fingerprint density at radius 1 is 1.29 bits per heavy atom. The minimum Gasteiger partial charge on any atom is -0.361 e. The van der Waals surface area contributed by atoms with E-state index in [1.165, 1.54) is 30.0 Å². The van der Waals surface area contributed by atoms with E-state index in [-0.39, 0.29) is 6.04 Å². The lowest BCUT2D eigenvalue weighted by molar-refractivity contribution is 0.294. The lowest BCUT2D eigenvalue weighted by Crippen LogP contribution is -2.46. The van der Waals surface area contributed by atoms with Gasteiger partial charge in [-0.15, -0.1) is 0 Å². The van der Waals surface area contributed by atoms with Gasteiger partial charge in [-0.25, -0.2) is 0 Å². The molecule has 0 radical (unpaired) electrons. The summed E-state index contributed by atoms with van der Waals surface area (Å²) < 4.78 is 34.0. The molecule has 2 aliphatic carbocycles. The molecule has 7 nitrogen and oxygen atoms in total. The Kier molecular flexibility index (Phi) is 4.19. The lowest BCUT2D eigenvalue weighted by Gasteiger charge is -2.21. The van der Waals surface area contributed by atoms with Crippen LogP contribution in [0.2, 0.25) is 0 Å². The third-order valence-electron chi connectivity index (χ3n) is 5.39. The predicted molar refractivity (Wildman–Crippen MR) is 89.5 cm³/mol. The molecule has 0 amide bonds. The zero-order valence-electron chi connectivity index (χ0n) is 14.3. The van der Waals surface area contributed by atoms with Gasteiger partial charge in [0.2, 0.25) is 0 Å². The number of hydrogen-bond donors (Lipinski definition) is 1. The summed E-state index contributed by atoms with van der Waals surface area (Å²) in [5.41, 5.74) is 0.961. The van der Waals surface area contributed by atoms with E-state index in [4.69, 9.17) is 4.52 Å². The van der Waals surface area contributed by atoms with Gasteiger partial charge < -0.3 is 4.52 Å². The van der Waals surface area contributed by atoms with Crippen LogP contribution in [0.25, 0.3) is 0 Å². The van der Waals surface area contributed by atoms with Gasteiger partial charge in [0.05, 0.1) is 5.69 Å². The first-order valence-corrected chi connectivity index (χ1v) is 10.2. The molecule has 1 aliphatic heterocycles. The Labute approximate surface area is 143 Å². The zero-order valence-corrected chi connectivity index (χ0v) is 15.1. The van der Waals surface area contributed by atoms with Crippen molar-refractivity contribution in [3.05, 3.63) is 17.5 Å². The van der Waals surface area contributed by atoms with E-state index < -0.39 is 10.2 Å². The molecule has 1 aromatic rings. The summed E-state index contributed by atoms with van der Waals surface area (Å²) in [6.45, 7) is 2.40. The Morgan fingerprint density at radius 3 is 2.67 bits per heavy atom. The van der Waals surface area contributed by atoms with E-state index in [0.29, 0.717) is 17.8 Å². The molecular formula is C16H26N4O3S. The van der Waals surface area contributed by atoms with Crippen LogP contribution in [-0.4, -0.2) is 56.0 Å². The molecule has 2 heterocycles. The van der Waals surface area contributed by atoms with Crippen molar-refractivity contribution < 1.29 is 12.9 Å². The van der Waals surface area contributed by atoms with Gasteiger partial charge in [-0.05, 0) is 37.5 Å². The van der Waals surface area contributed by atoms with Crippen LogP contribution in [0.1, 0.15) is 43.1 Å². The molecular weight excluding hydrogens is 328 g/mol. The van der Waals surface area contributed by atoms with E-state index in [1.54, 1.807) is 14.1 Å². The highest BCUT2D eigenvalue weighted by Gasteiger charge is 2.44. The Hall–Kier alpha value is -0.960. The van der Waals surface area contributed by atoms with Crippen molar-refractivity contribution >= 4 is 10.2 Å². The molecule has 2 atom stereocenters. The van der Waals surface area contributed by atoms with E-state index in [0.717, 1.165) is 31.1 Å². The number of likely N-dealkylation sites (tertiary alicyclic amines) is 1. The summed E-state index contributed by atoms with van der Waals surface area (Å²) in [6, 6.07) is 2.06. The minimum atomic E-state index is -3.39. The molecule has 0 unspecified atom stereocenters. The van der Waals surface area contributed by atoms with Gasteiger partial charge >= 0.3 is 0 Å². The average molecular weight is 354 g/mol. The zero-order chi connectivity index (χ0) is 16.9. The number of nitrogens with one attached hydrogen (secondary N) is 1. The smallest absolute Gasteiger partial charge is 0.279 e. The van der Waals surface area contributed by atoms with Crippen molar-refractivity contribution in [1.29, 1.82) is 0 Å². The molecule has 24 heavy (non-hydrogen) atoms. The maximum Gasteiger partial charge on any atom is 0.279 e. The summed E-state index contributed by atoms with van der Waals surface area (Å²) in [7, 11) is -0.262. The predicted octanol–water partition coefficient (Wildman–Crippen LogP) is 1.16. The van der Waals surface area contributed by atoms with Gasteiger partial charge in [-0.2, -0.15) is 17.4 Å². The van der Waals surface area contributed by atoms with Crippen molar-refractivity contribution in [2.24, 2.45) is 11.8 Å². The van der Waals surface area contributed by atoms with Crippen molar-refractivity contribution in [1.82, 2.24) is 19.1 Å². The summed E-state index contributed by atoms with van der Waals surface area (Å²) in [6.07, 6.45) is 4.84. The van der Waals surface area contributed by atoms with Gasteiger partial charge in [0.15, 0.2) is 0 Å². The molecule has 8 heteroatoms. The quantitative estimate of drug-likeness (QED) is 0.795. The van der Waals surface area contributed by atoms with Crippen LogP contribution in [0.4, 0.5) is 0 Å². The molecule has 0 bridgehead atoms. The van der Waals surface area contributed by atoms with Gasteiger partial charge in [0.1, 0.15) is 5.76 Å². The van der Waals surface area contributed by atoms with E-state index >= 15 is 0 Å². The van der Waals surface area contributed by atoms with Crippen molar-refractivity contribution in [2.45, 2.75) is 44.2 Å². The van der Waals surface area contributed by atoms with Gasteiger partial charge in [-0.3, -0.25) is 4.90 Å². The highest BCUT2D eigenvalue weighted by atomic mass is 32.2. The van der Waals surface area contributed by atoms with Gasteiger partial charge in [-0.1, -0.05) is 5.16 Å². The maximum absolute atomic E-state index is 12.2. The number of aromatic nitrogens is 1. The molecule has 0 aromatic carbocycles. The van der Waals surface area contributed by atoms with Crippen LogP contribution in [0.3, 0.4) is 0 Å². The first kappa shape index (κ1) is 16.5. The molecule has 3 aliphatic rings. The fraction of sp³-hybridized carbons (Fsp3) is 0.812. The molecule has 2 saturated carbocycles. The van der Waals surface area contributed by atoms with E-state index in [9.17, 15) is 8.42 Å². The van der Waals surface area contributed by atoms with E-state index in [1.807, 2.05) is 0 Å². The standard InChI is InChI=1S/C16H26N4O3S/c1-19(2)24(21,22)18-15-10-20(9-14(15)11-3-4-11)8-13-7-16(23-17-13)12-5-6-12/h7,11-12,14-15,18H,3-6,8-10H2,1-2H3/t14-,15+/m1/s1. The van der Waals surface area contributed by atoms with Crippen LogP contribution in [0, 0.1) is 11.8 Å². The van der Waals surface area contributed by atoms with Crippen molar-refractivity contribution in [2.75, 3.05) is 27.2 Å². The summed E-state index contributed by atoms with van der Waals surface area (Å²) in [5, 5.41) is 4.19. The fourth-order valence-electron chi connectivity index (χ4n) is 3.66. The van der Waals surface area contributed by atoms with Gasteiger partial charge in [0.25, 0.3) is 10.2 Å². The third-order valence-corrected chi connectivity index (χ3v) is 6.95. The highest BCUT2D eigenvalue weighted by Crippen LogP contribution is 2.42. The van der Waals surface area contributed by atoms with Crippen molar-refractivity contribution in [3.63, 3.8) is 0 Å². The second-order valence-corrected chi connectivity index (χ2v) is 9.62. The first-order valence-electron chi connectivity index (χ1n) is 8.80. The second-order valence-electron chi connectivity index (χ2n) is 7.70. The summed E-state index contributed by atoms with van der Waals surface area (Å²) in [5.74, 6) is 2.63. The molecule has 3 fully saturated rings. The largest absolute Gasteiger partial charge is 0.361 e. The Balaban J connectivity index is 1.41. The molecule has 1 aromatic heterocycles. The normalized spacial score (nSPS) is 28.8. The number of rotatable bonds is 7. The summed E-state index contributed by atoms with van der Waals surface area (Å²) in [4.78, 5) is 2.31. The molecule has 0 spiro atoms. The Morgan fingerprint density at radius 2 is 2.04 bits per heavy atom. The number of hydrogen-bond acceptors (Lipinski definition) is 5. The topological polar surface area (TPSA) is 78.7 Å². The number of nitrogens with zero attached hydrogens (tertiary/aromatic N) is 3. The van der Waals surface area contributed by atoms with Crippen LogP contribution < -0.4 is 4.72 Å². The third kappa shape index (κ3) is 3.51.